The van der Waals surface area contributed by atoms with Crippen LogP contribution in [-0.4, -0.2) is 57.9 Å². The molecule has 3 atom stereocenters. The number of nitrogens with one attached hydrogen (secondary N) is 1. The van der Waals surface area contributed by atoms with Crippen molar-refractivity contribution in [2.24, 2.45) is 11.8 Å². The maximum atomic E-state index is 12.5. The largest absolute Gasteiger partial charge is 0.445 e. The predicted octanol–water partition coefficient (Wildman–Crippen LogP) is 3.76. The molecule has 3 rings (SSSR count). The Hall–Kier alpha value is -2.52. The van der Waals surface area contributed by atoms with E-state index in [1.165, 1.54) is 0 Å². The topological polar surface area (TPSA) is 92.3 Å². The monoisotopic (exact) mass is 473 g/mol. The molecule has 1 aliphatic carbocycles. The van der Waals surface area contributed by atoms with Crippen molar-refractivity contribution in [3.8, 4) is 0 Å². The van der Waals surface area contributed by atoms with Crippen molar-refractivity contribution in [1.29, 1.82) is 0 Å². The van der Waals surface area contributed by atoms with Crippen molar-refractivity contribution in [3.05, 3.63) is 60.2 Å². The molecule has 1 aromatic carbocycles. The van der Waals surface area contributed by atoms with E-state index < -0.39 is 6.09 Å². The van der Waals surface area contributed by atoms with Crippen molar-refractivity contribution in [2.75, 3.05) is 33.7 Å². The number of ether oxygens (including phenoxy) is 5. The molecule has 0 radical (unpaired) electrons. The molecule has 2 aliphatic rings. The minimum atomic E-state index is -0.491. The zero-order valence-electron chi connectivity index (χ0n) is 19.7. The number of amides is 1. The third-order valence-corrected chi connectivity index (χ3v) is 5.89. The Kier molecular flexibility index (Phi) is 11.3. The number of carbonyl (C=O) groups excluding carboxylic acids is 2. The lowest BCUT2D eigenvalue weighted by molar-refractivity contribution is -0.117. The van der Waals surface area contributed by atoms with E-state index in [0.717, 1.165) is 18.4 Å². The van der Waals surface area contributed by atoms with Crippen molar-refractivity contribution >= 4 is 11.9 Å². The van der Waals surface area contributed by atoms with Crippen molar-refractivity contribution in [2.45, 2.75) is 44.6 Å². The van der Waals surface area contributed by atoms with Gasteiger partial charge in [-0.2, -0.15) is 0 Å². The van der Waals surface area contributed by atoms with Crippen molar-refractivity contribution in [1.82, 2.24) is 5.32 Å². The lowest BCUT2D eigenvalue weighted by Gasteiger charge is -2.33. The van der Waals surface area contributed by atoms with Crippen LogP contribution in [0.2, 0.25) is 0 Å². The first-order valence-corrected chi connectivity index (χ1v) is 11.8. The molecule has 1 amide bonds. The van der Waals surface area contributed by atoms with Gasteiger partial charge in [-0.05, 0) is 30.4 Å². The van der Waals surface area contributed by atoms with Gasteiger partial charge in [0, 0.05) is 32.5 Å². The van der Waals surface area contributed by atoms with Crippen LogP contribution in [-0.2, 0) is 35.1 Å². The molecule has 186 valence electrons. The quantitative estimate of drug-likeness (QED) is 0.202. The fraction of sp³-hybridized carbons (Fsp3) is 0.538. The first kappa shape index (κ1) is 26.1. The van der Waals surface area contributed by atoms with Crippen LogP contribution < -0.4 is 5.32 Å². The van der Waals surface area contributed by atoms with Gasteiger partial charge in [-0.15, -0.1) is 0 Å². The lowest BCUT2D eigenvalue weighted by Crippen LogP contribution is -2.43. The predicted molar refractivity (Wildman–Crippen MR) is 126 cm³/mol. The first-order chi connectivity index (χ1) is 16.7. The SMILES string of the molecule is COCOCCC1CC=CC(NC(=O)OCc2ccccc2)C1/C=C/C(=O)CCC1OCCO1. The van der Waals surface area contributed by atoms with E-state index in [9.17, 15) is 9.59 Å². The van der Waals surface area contributed by atoms with Gasteiger partial charge in [0.2, 0.25) is 0 Å². The minimum Gasteiger partial charge on any atom is -0.445 e. The molecule has 0 bridgehead atoms. The Balaban J connectivity index is 1.57. The van der Waals surface area contributed by atoms with E-state index in [2.05, 4.69) is 11.4 Å². The molecule has 0 spiro atoms. The molecular formula is C26H35NO7. The summed E-state index contributed by atoms with van der Waals surface area (Å²) in [5, 5.41) is 2.96. The zero-order valence-corrected chi connectivity index (χ0v) is 19.7. The van der Waals surface area contributed by atoms with Gasteiger partial charge in [0.15, 0.2) is 12.1 Å². The van der Waals surface area contributed by atoms with E-state index >= 15 is 0 Å². The molecular weight excluding hydrogens is 438 g/mol. The smallest absolute Gasteiger partial charge is 0.407 e. The third kappa shape index (κ3) is 9.02. The van der Waals surface area contributed by atoms with Crippen LogP contribution in [0.1, 0.15) is 31.2 Å². The van der Waals surface area contributed by atoms with E-state index in [1.807, 2.05) is 42.5 Å². The first-order valence-electron chi connectivity index (χ1n) is 11.8. The number of ketones is 1. The van der Waals surface area contributed by atoms with E-state index in [-0.39, 0.29) is 43.4 Å². The summed E-state index contributed by atoms with van der Waals surface area (Å²) in [6.45, 7) is 2.11. The fourth-order valence-electron chi connectivity index (χ4n) is 4.12. The van der Waals surface area contributed by atoms with Crippen LogP contribution in [0.4, 0.5) is 4.79 Å². The van der Waals surface area contributed by atoms with Gasteiger partial charge in [0.1, 0.15) is 13.4 Å². The molecule has 1 fully saturated rings. The van der Waals surface area contributed by atoms with Gasteiger partial charge in [-0.1, -0.05) is 48.6 Å². The average Bonchev–Trinajstić information content (AvgIpc) is 3.38. The van der Waals surface area contributed by atoms with Crippen molar-refractivity contribution in [3.63, 3.8) is 0 Å². The number of alkyl carbamates (subject to hydrolysis) is 1. The Morgan fingerprint density at radius 1 is 1.15 bits per heavy atom. The number of benzene rings is 1. The number of methoxy groups -OCH3 is 1. The fourth-order valence-corrected chi connectivity index (χ4v) is 4.12. The number of rotatable bonds is 13. The molecule has 1 N–H and O–H groups in total. The van der Waals surface area contributed by atoms with Gasteiger partial charge in [0.25, 0.3) is 0 Å². The summed E-state index contributed by atoms with van der Waals surface area (Å²) in [5.41, 5.74) is 0.919. The standard InChI is InChI=1S/C26H35NO7/c1-30-19-31-15-14-21-8-5-9-24(27-26(29)34-18-20-6-3-2-4-7-20)23(21)12-10-22(28)11-13-25-32-16-17-33-25/h2-7,9-10,12,21,23-25H,8,11,13-19H2,1H3,(H,27,29)/b12-10+. The van der Waals surface area contributed by atoms with Crippen LogP contribution in [0.5, 0.6) is 0 Å². The second-order valence-corrected chi connectivity index (χ2v) is 8.37. The van der Waals surface area contributed by atoms with Gasteiger partial charge >= 0.3 is 6.09 Å². The second kappa shape index (κ2) is 14.7. The number of hydrogen-bond acceptors (Lipinski definition) is 7. The summed E-state index contributed by atoms with van der Waals surface area (Å²) in [4.78, 5) is 25.0. The summed E-state index contributed by atoms with van der Waals surface area (Å²) < 4.78 is 26.6. The van der Waals surface area contributed by atoms with Crippen LogP contribution in [0, 0.1) is 11.8 Å². The van der Waals surface area contributed by atoms with Gasteiger partial charge in [-0.25, -0.2) is 4.79 Å². The maximum absolute atomic E-state index is 12.5. The molecule has 3 unspecified atom stereocenters. The highest BCUT2D eigenvalue weighted by atomic mass is 16.7. The average molecular weight is 474 g/mol. The molecule has 8 heteroatoms. The molecule has 1 saturated heterocycles. The molecule has 1 aliphatic heterocycles. The highest BCUT2D eigenvalue weighted by Crippen LogP contribution is 2.30. The summed E-state index contributed by atoms with van der Waals surface area (Å²) in [6, 6.07) is 9.25. The van der Waals surface area contributed by atoms with Crippen LogP contribution in [0.15, 0.2) is 54.6 Å². The molecule has 1 aromatic rings. The molecule has 8 nitrogen and oxygen atoms in total. The third-order valence-electron chi connectivity index (χ3n) is 5.89. The summed E-state index contributed by atoms with van der Waals surface area (Å²) >= 11 is 0. The molecule has 34 heavy (non-hydrogen) atoms. The van der Waals surface area contributed by atoms with Crippen molar-refractivity contribution < 1.29 is 33.3 Å². The van der Waals surface area contributed by atoms with Gasteiger partial charge in [-0.3, -0.25) is 4.79 Å². The number of allylic oxidation sites excluding steroid dienone is 2. The summed E-state index contributed by atoms with van der Waals surface area (Å²) in [7, 11) is 1.59. The number of carbonyl (C=O) groups is 2. The van der Waals surface area contributed by atoms with Crippen LogP contribution >= 0.6 is 0 Å². The Morgan fingerprint density at radius 3 is 2.71 bits per heavy atom. The normalized spacial score (nSPS) is 22.8. The summed E-state index contributed by atoms with van der Waals surface area (Å²) in [5.74, 6) is 0.142. The lowest BCUT2D eigenvalue weighted by atomic mass is 9.77. The highest BCUT2D eigenvalue weighted by Gasteiger charge is 2.30. The van der Waals surface area contributed by atoms with Gasteiger partial charge in [0.05, 0.1) is 19.3 Å². The minimum absolute atomic E-state index is 0.00781. The van der Waals surface area contributed by atoms with E-state index in [1.54, 1.807) is 13.2 Å². The Bertz CT molecular complexity index is 805. The second-order valence-electron chi connectivity index (χ2n) is 8.37. The summed E-state index contributed by atoms with van der Waals surface area (Å²) in [6.07, 6.45) is 9.26. The van der Waals surface area contributed by atoms with E-state index in [0.29, 0.717) is 32.7 Å². The highest BCUT2D eigenvalue weighted by molar-refractivity contribution is 5.89. The van der Waals surface area contributed by atoms with E-state index in [4.69, 9.17) is 23.7 Å². The zero-order chi connectivity index (χ0) is 24.0. The van der Waals surface area contributed by atoms with Gasteiger partial charge < -0.3 is 29.0 Å². The van der Waals surface area contributed by atoms with Crippen LogP contribution in [0.25, 0.3) is 0 Å². The Morgan fingerprint density at radius 2 is 1.94 bits per heavy atom. The molecule has 0 saturated carbocycles. The van der Waals surface area contributed by atoms with Crippen LogP contribution in [0.3, 0.4) is 0 Å². The molecule has 1 heterocycles. The maximum Gasteiger partial charge on any atom is 0.407 e. The number of hydrogen-bond donors (Lipinski definition) is 1. The molecule has 0 aromatic heterocycles. The Labute approximate surface area is 201 Å².